The standard InChI is InChI=1S/C18H31NO/c1-4-6-7-8-10-16(3)20-15-18-12-9-11-17(13-18)14-19-5-2/h9,11-13,16,19H,4-8,10,14-15H2,1-3H3. The summed E-state index contributed by atoms with van der Waals surface area (Å²) >= 11 is 0. The fourth-order valence-electron chi connectivity index (χ4n) is 2.28. The highest BCUT2D eigenvalue weighted by Crippen LogP contribution is 2.12. The van der Waals surface area contributed by atoms with Crippen LogP contribution in [0.5, 0.6) is 0 Å². The SMILES string of the molecule is CCCCCCC(C)OCc1cccc(CNCC)c1. The van der Waals surface area contributed by atoms with Crippen molar-refractivity contribution in [3.05, 3.63) is 35.4 Å². The number of unbranched alkanes of at least 4 members (excludes halogenated alkanes) is 3. The molecule has 1 aromatic rings. The smallest absolute Gasteiger partial charge is 0.0720 e. The van der Waals surface area contributed by atoms with E-state index in [1.165, 1.54) is 43.2 Å². The van der Waals surface area contributed by atoms with Gasteiger partial charge < -0.3 is 10.1 Å². The van der Waals surface area contributed by atoms with Crippen molar-refractivity contribution in [1.29, 1.82) is 0 Å². The van der Waals surface area contributed by atoms with Crippen LogP contribution >= 0.6 is 0 Å². The minimum atomic E-state index is 0.365. The van der Waals surface area contributed by atoms with E-state index in [1.807, 2.05) is 0 Å². The lowest BCUT2D eigenvalue weighted by molar-refractivity contribution is 0.0458. The zero-order valence-electron chi connectivity index (χ0n) is 13.5. The second-order valence-corrected chi connectivity index (χ2v) is 5.57. The van der Waals surface area contributed by atoms with Gasteiger partial charge in [-0.3, -0.25) is 0 Å². The predicted molar refractivity (Wildman–Crippen MR) is 86.8 cm³/mol. The Hall–Kier alpha value is -0.860. The number of nitrogens with one attached hydrogen (secondary N) is 1. The fourth-order valence-corrected chi connectivity index (χ4v) is 2.28. The van der Waals surface area contributed by atoms with Gasteiger partial charge in [0.2, 0.25) is 0 Å². The van der Waals surface area contributed by atoms with E-state index < -0.39 is 0 Å². The molecule has 0 spiro atoms. The van der Waals surface area contributed by atoms with Gasteiger partial charge in [0.25, 0.3) is 0 Å². The monoisotopic (exact) mass is 277 g/mol. The minimum Gasteiger partial charge on any atom is -0.374 e. The summed E-state index contributed by atoms with van der Waals surface area (Å²) in [4.78, 5) is 0. The summed E-state index contributed by atoms with van der Waals surface area (Å²) in [6.07, 6.45) is 6.81. The van der Waals surface area contributed by atoms with E-state index >= 15 is 0 Å². The molecule has 0 fully saturated rings. The topological polar surface area (TPSA) is 21.3 Å². The number of hydrogen-bond acceptors (Lipinski definition) is 2. The highest BCUT2D eigenvalue weighted by Gasteiger charge is 2.03. The van der Waals surface area contributed by atoms with Crippen LogP contribution in [0.1, 0.15) is 64.0 Å². The molecule has 0 aromatic heterocycles. The van der Waals surface area contributed by atoms with E-state index in [0.29, 0.717) is 6.10 Å². The molecule has 1 unspecified atom stereocenters. The first-order chi connectivity index (χ1) is 9.76. The van der Waals surface area contributed by atoms with Gasteiger partial charge in [0.05, 0.1) is 12.7 Å². The van der Waals surface area contributed by atoms with Crippen molar-refractivity contribution in [3.8, 4) is 0 Å². The van der Waals surface area contributed by atoms with Crippen molar-refractivity contribution in [2.75, 3.05) is 6.54 Å². The lowest BCUT2D eigenvalue weighted by Gasteiger charge is -2.13. The summed E-state index contributed by atoms with van der Waals surface area (Å²) in [5, 5.41) is 3.36. The molecule has 1 aromatic carbocycles. The predicted octanol–water partition coefficient (Wildman–Crippen LogP) is 4.67. The quantitative estimate of drug-likeness (QED) is 0.593. The first-order valence-electron chi connectivity index (χ1n) is 8.16. The number of ether oxygens (including phenoxy) is 1. The largest absolute Gasteiger partial charge is 0.374 e. The van der Waals surface area contributed by atoms with E-state index in [4.69, 9.17) is 4.74 Å². The normalized spacial score (nSPS) is 12.6. The van der Waals surface area contributed by atoms with E-state index in [1.54, 1.807) is 0 Å². The fraction of sp³-hybridized carbons (Fsp3) is 0.667. The molecule has 0 bridgehead atoms. The van der Waals surface area contributed by atoms with E-state index in [0.717, 1.165) is 19.7 Å². The van der Waals surface area contributed by atoms with Crippen molar-refractivity contribution in [3.63, 3.8) is 0 Å². The maximum absolute atomic E-state index is 5.95. The molecule has 1 rings (SSSR count). The lowest BCUT2D eigenvalue weighted by Crippen LogP contribution is -2.12. The lowest BCUT2D eigenvalue weighted by atomic mass is 10.1. The molecular weight excluding hydrogens is 246 g/mol. The zero-order valence-corrected chi connectivity index (χ0v) is 13.5. The van der Waals surface area contributed by atoms with Crippen LogP contribution < -0.4 is 5.32 Å². The maximum atomic E-state index is 5.95. The van der Waals surface area contributed by atoms with Crippen LogP contribution in [0, 0.1) is 0 Å². The molecule has 1 atom stereocenters. The molecule has 20 heavy (non-hydrogen) atoms. The van der Waals surface area contributed by atoms with Gasteiger partial charge in [-0.15, -0.1) is 0 Å². The first-order valence-corrected chi connectivity index (χ1v) is 8.16. The Balaban J connectivity index is 2.26. The summed E-state index contributed by atoms with van der Waals surface area (Å²) in [6, 6.07) is 8.68. The molecular formula is C18H31NO. The Morgan fingerprint density at radius 3 is 2.65 bits per heavy atom. The maximum Gasteiger partial charge on any atom is 0.0720 e. The average molecular weight is 277 g/mol. The highest BCUT2D eigenvalue weighted by molar-refractivity contribution is 5.22. The number of benzene rings is 1. The van der Waals surface area contributed by atoms with Crippen LogP contribution in [0.25, 0.3) is 0 Å². The minimum absolute atomic E-state index is 0.365. The van der Waals surface area contributed by atoms with Gasteiger partial charge in [-0.2, -0.15) is 0 Å². The number of hydrogen-bond donors (Lipinski definition) is 1. The van der Waals surface area contributed by atoms with Crippen LogP contribution in [0.15, 0.2) is 24.3 Å². The van der Waals surface area contributed by atoms with Crippen LogP contribution in [-0.4, -0.2) is 12.6 Å². The summed E-state index contributed by atoms with van der Waals surface area (Å²) in [7, 11) is 0. The Bertz CT molecular complexity index is 351. The molecule has 0 aliphatic heterocycles. The second kappa shape index (κ2) is 10.9. The molecule has 0 saturated heterocycles. The molecule has 0 amide bonds. The van der Waals surface area contributed by atoms with Gasteiger partial charge in [-0.1, -0.05) is 63.8 Å². The van der Waals surface area contributed by atoms with Gasteiger partial charge in [-0.05, 0) is 31.0 Å². The van der Waals surface area contributed by atoms with Crippen LogP contribution in [0.3, 0.4) is 0 Å². The molecule has 0 radical (unpaired) electrons. The summed E-state index contributed by atoms with van der Waals surface area (Å²) < 4.78 is 5.95. The third-order valence-corrected chi connectivity index (χ3v) is 3.57. The molecule has 0 saturated carbocycles. The van der Waals surface area contributed by atoms with E-state index in [-0.39, 0.29) is 0 Å². The first kappa shape index (κ1) is 17.2. The van der Waals surface area contributed by atoms with E-state index in [2.05, 4.69) is 50.4 Å². The molecule has 114 valence electrons. The molecule has 2 nitrogen and oxygen atoms in total. The number of rotatable bonds is 11. The third-order valence-electron chi connectivity index (χ3n) is 3.57. The van der Waals surface area contributed by atoms with Crippen molar-refractivity contribution in [2.24, 2.45) is 0 Å². The van der Waals surface area contributed by atoms with Gasteiger partial charge >= 0.3 is 0 Å². The summed E-state index contributed by atoms with van der Waals surface area (Å²) in [6.45, 7) is 9.25. The van der Waals surface area contributed by atoms with Crippen LogP contribution in [0.2, 0.25) is 0 Å². The van der Waals surface area contributed by atoms with Crippen molar-refractivity contribution in [1.82, 2.24) is 5.32 Å². The second-order valence-electron chi connectivity index (χ2n) is 5.57. The van der Waals surface area contributed by atoms with Crippen LogP contribution in [-0.2, 0) is 17.9 Å². The van der Waals surface area contributed by atoms with Crippen molar-refractivity contribution in [2.45, 2.75) is 72.1 Å². The third kappa shape index (κ3) is 7.66. The van der Waals surface area contributed by atoms with Crippen molar-refractivity contribution >= 4 is 0 Å². The Kier molecular flexibility index (Phi) is 9.35. The van der Waals surface area contributed by atoms with Gasteiger partial charge in [-0.25, -0.2) is 0 Å². The Morgan fingerprint density at radius 1 is 1.10 bits per heavy atom. The van der Waals surface area contributed by atoms with Gasteiger partial charge in [0.15, 0.2) is 0 Å². The zero-order chi connectivity index (χ0) is 14.6. The molecule has 0 aliphatic rings. The van der Waals surface area contributed by atoms with Gasteiger partial charge in [0, 0.05) is 6.54 Å². The molecule has 0 aliphatic carbocycles. The summed E-state index contributed by atoms with van der Waals surface area (Å²) in [5.74, 6) is 0. The van der Waals surface area contributed by atoms with Gasteiger partial charge in [0.1, 0.15) is 0 Å². The Labute approximate surface area is 124 Å². The van der Waals surface area contributed by atoms with Crippen LogP contribution in [0.4, 0.5) is 0 Å². The highest BCUT2D eigenvalue weighted by atomic mass is 16.5. The average Bonchev–Trinajstić information content (AvgIpc) is 2.48. The Morgan fingerprint density at radius 2 is 1.90 bits per heavy atom. The molecule has 1 N–H and O–H groups in total. The van der Waals surface area contributed by atoms with Crippen molar-refractivity contribution < 1.29 is 4.74 Å². The molecule has 0 heterocycles. The van der Waals surface area contributed by atoms with E-state index in [9.17, 15) is 0 Å². The molecule has 2 heteroatoms. The summed E-state index contributed by atoms with van der Waals surface area (Å²) in [5.41, 5.74) is 2.62.